The summed E-state index contributed by atoms with van der Waals surface area (Å²) in [7, 11) is 0. The molecule has 1 aliphatic rings. The Morgan fingerprint density at radius 2 is 2.20 bits per heavy atom. The van der Waals surface area contributed by atoms with E-state index in [1.165, 1.54) is 17.0 Å². The molecule has 80 valence electrons. The lowest BCUT2D eigenvalue weighted by atomic mass is 10.0. The number of benzene rings is 1. The molecule has 4 heteroatoms. The average Bonchev–Trinajstić information content (AvgIpc) is 2.22. The average molecular weight is 209 g/mol. The Morgan fingerprint density at radius 1 is 1.40 bits per heavy atom. The van der Waals surface area contributed by atoms with Crippen molar-refractivity contribution in [2.75, 3.05) is 18.1 Å². The lowest BCUT2D eigenvalue weighted by molar-refractivity contribution is -0.119. The smallest absolute Gasteiger partial charge is 0.227 e. The maximum absolute atomic E-state index is 13.0. The van der Waals surface area contributed by atoms with Gasteiger partial charge in [0.15, 0.2) is 0 Å². The van der Waals surface area contributed by atoms with Crippen LogP contribution in [0.2, 0.25) is 0 Å². The van der Waals surface area contributed by atoms with Crippen molar-refractivity contribution in [1.29, 1.82) is 0 Å². The van der Waals surface area contributed by atoms with Crippen LogP contribution in [0.5, 0.6) is 0 Å². The zero-order valence-corrected chi connectivity index (χ0v) is 8.24. The first kappa shape index (κ1) is 10.1. The minimum absolute atomic E-state index is 0.0110. The Balaban J connectivity index is 2.39. The zero-order chi connectivity index (χ0) is 10.8. The SMILES string of the molecule is O=C1CCc2cc(F)ccc2N1CCO. The summed E-state index contributed by atoms with van der Waals surface area (Å²) < 4.78 is 13.0. The van der Waals surface area contributed by atoms with Crippen LogP contribution in [-0.2, 0) is 11.2 Å². The molecule has 3 nitrogen and oxygen atoms in total. The molecule has 15 heavy (non-hydrogen) atoms. The number of aliphatic hydroxyl groups is 1. The standard InChI is InChI=1S/C11H12FNO2/c12-9-2-3-10-8(7-9)1-4-11(15)13(10)5-6-14/h2-3,7,14H,1,4-6H2. The number of rotatable bonds is 2. The number of aliphatic hydroxyl groups excluding tert-OH is 1. The van der Waals surface area contributed by atoms with Crippen molar-refractivity contribution in [3.63, 3.8) is 0 Å². The maximum Gasteiger partial charge on any atom is 0.227 e. The number of hydrogen-bond donors (Lipinski definition) is 1. The number of β-amino-alcohol motifs (C(OH)–C–C–N with tert-alkyl or cyclic N) is 1. The molecule has 0 fully saturated rings. The number of anilines is 1. The highest BCUT2D eigenvalue weighted by Gasteiger charge is 2.23. The van der Waals surface area contributed by atoms with Crippen molar-refractivity contribution in [2.24, 2.45) is 0 Å². The van der Waals surface area contributed by atoms with Crippen LogP contribution in [-0.4, -0.2) is 24.2 Å². The summed E-state index contributed by atoms with van der Waals surface area (Å²) >= 11 is 0. The molecule has 1 amide bonds. The van der Waals surface area contributed by atoms with E-state index in [0.29, 0.717) is 12.8 Å². The summed E-state index contributed by atoms with van der Waals surface area (Å²) in [5, 5.41) is 8.85. The molecular formula is C11H12FNO2. The number of nitrogens with zero attached hydrogens (tertiary/aromatic N) is 1. The third kappa shape index (κ3) is 1.85. The molecule has 1 N–H and O–H groups in total. The molecule has 1 aromatic rings. The number of amides is 1. The quantitative estimate of drug-likeness (QED) is 0.792. The van der Waals surface area contributed by atoms with E-state index in [1.807, 2.05) is 0 Å². The van der Waals surface area contributed by atoms with Crippen LogP contribution in [0.4, 0.5) is 10.1 Å². The van der Waals surface area contributed by atoms with Crippen molar-refractivity contribution in [2.45, 2.75) is 12.8 Å². The number of fused-ring (bicyclic) bond motifs is 1. The van der Waals surface area contributed by atoms with Gasteiger partial charge in [-0.1, -0.05) is 0 Å². The summed E-state index contributed by atoms with van der Waals surface area (Å²) in [6.07, 6.45) is 0.963. The molecule has 0 saturated heterocycles. The highest BCUT2D eigenvalue weighted by atomic mass is 19.1. The first-order chi connectivity index (χ1) is 7.22. The zero-order valence-electron chi connectivity index (χ0n) is 8.24. The number of aryl methyl sites for hydroxylation is 1. The minimum atomic E-state index is -0.285. The number of carbonyl (C=O) groups is 1. The van der Waals surface area contributed by atoms with Crippen LogP contribution in [0, 0.1) is 5.82 Å². The fourth-order valence-electron chi connectivity index (χ4n) is 1.87. The minimum Gasteiger partial charge on any atom is -0.395 e. The van der Waals surface area contributed by atoms with E-state index < -0.39 is 0 Å². The van der Waals surface area contributed by atoms with Crippen molar-refractivity contribution in [1.82, 2.24) is 0 Å². The highest BCUT2D eigenvalue weighted by Crippen LogP contribution is 2.27. The molecule has 1 heterocycles. The van der Waals surface area contributed by atoms with Gasteiger partial charge in [-0.2, -0.15) is 0 Å². The van der Waals surface area contributed by atoms with Gasteiger partial charge in [-0.3, -0.25) is 4.79 Å². The Labute approximate surface area is 87.1 Å². The third-order valence-corrected chi connectivity index (χ3v) is 2.57. The molecule has 0 radical (unpaired) electrons. The fraction of sp³-hybridized carbons (Fsp3) is 0.364. The Hall–Kier alpha value is -1.42. The van der Waals surface area contributed by atoms with E-state index in [1.54, 1.807) is 6.07 Å². The van der Waals surface area contributed by atoms with Crippen molar-refractivity contribution in [3.8, 4) is 0 Å². The van der Waals surface area contributed by atoms with E-state index >= 15 is 0 Å². The summed E-state index contributed by atoms with van der Waals surface area (Å²) in [4.78, 5) is 13.1. The third-order valence-electron chi connectivity index (χ3n) is 2.57. The van der Waals surface area contributed by atoms with Gasteiger partial charge in [0.2, 0.25) is 5.91 Å². The predicted molar refractivity (Wildman–Crippen MR) is 54.2 cm³/mol. The Morgan fingerprint density at radius 3 is 2.93 bits per heavy atom. The molecule has 1 aliphatic heterocycles. The van der Waals surface area contributed by atoms with Gasteiger partial charge in [0, 0.05) is 18.7 Å². The maximum atomic E-state index is 13.0. The number of carbonyl (C=O) groups excluding carboxylic acids is 1. The van der Waals surface area contributed by atoms with Crippen LogP contribution in [0.3, 0.4) is 0 Å². The van der Waals surface area contributed by atoms with Gasteiger partial charge in [0.1, 0.15) is 5.82 Å². The second-order valence-electron chi connectivity index (χ2n) is 3.54. The van der Waals surface area contributed by atoms with Crippen molar-refractivity contribution >= 4 is 11.6 Å². The van der Waals surface area contributed by atoms with Crippen molar-refractivity contribution in [3.05, 3.63) is 29.6 Å². The lowest BCUT2D eigenvalue weighted by Gasteiger charge is -2.28. The van der Waals surface area contributed by atoms with E-state index in [-0.39, 0.29) is 24.9 Å². The normalized spacial score (nSPS) is 15.3. The summed E-state index contributed by atoms with van der Waals surface area (Å²) in [6.45, 7) is 0.194. The summed E-state index contributed by atoms with van der Waals surface area (Å²) in [6, 6.07) is 4.38. The highest BCUT2D eigenvalue weighted by molar-refractivity contribution is 5.96. The molecule has 0 spiro atoms. The molecule has 0 aliphatic carbocycles. The largest absolute Gasteiger partial charge is 0.395 e. The Kier molecular flexibility index (Phi) is 2.68. The number of halogens is 1. The lowest BCUT2D eigenvalue weighted by Crippen LogP contribution is -2.37. The second kappa shape index (κ2) is 3.98. The van der Waals surface area contributed by atoms with Crippen LogP contribution >= 0.6 is 0 Å². The Bertz CT molecular complexity index is 392. The second-order valence-corrected chi connectivity index (χ2v) is 3.54. The molecule has 0 atom stereocenters. The van der Waals surface area contributed by atoms with Crippen LogP contribution in [0.25, 0.3) is 0 Å². The van der Waals surface area contributed by atoms with Gasteiger partial charge in [0.25, 0.3) is 0 Å². The molecule has 0 aromatic heterocycles. The molecular weight excluding hydrogens is 197 g/mol. The molecule has 0 bridgehead atoms. The number of hydrogen-bond acceptors (Lipinski definition) is 2. The first-order valence-electron chi connectivity index (χ1n) is 4.92. The van der Waals surface area contributed by atoms with Gasteiger partial charge in [-0.15, -0.1) is 0 Å². The monoisotopic (exact) mass is 209 g/mol. The van der Waals surface area contributed by atoms with Gasteiger partial charge in [-0.25, -0.2) is 4.39 Å². The van der Waals surface area contributed by atoms with Crippen LogP contribution in [0.15, 0.2) is 18.2 Å². The van der Waals surface area contributed by atoms with Gasteiger partial charge >= 0.3 is 0 Å². The molecule has 2 rings (SSSR count). The fourth-order valence-corrected chi connectivity index (χ4v) is 1.87. The van der Waals surface area contributed by atoms with Crippen LogP contribution < -0.4 is 4.90 Å². The van der Waals surface area contributed by atoms with E-state index in [4.69, 9.17) is 5.11 Å². The summed E-state index contributed by atoms with van der Waals surface area (Å²) in [5.74, 6) is -0.296. The van der Waals surface area contributed by atoms with Gasteiger partial charge in [-0.05, 0) is 30.2 Å². The van der Waals surface area contributed by atoms with E-state index in [2.05, 4.69) is 0 Å². The van der Waals surface area contributed by atoms with Crippen LogP contribution in [0.1, 0.15) is 12.0 Å². The van der Waals surface area contributed by atoms with Gasteiger partial charge in [0.05, 0.1) is 6.61 Å². The first-order valence-corrected chi connectivity index (χ1v) is 4.92. The van der Waals surface area contributed by atoms with Gasteiger partial charge < -0.3 is 10.0 Å². The molecule has 1 aromatic carbocycles. The van der Waals surface area contributed by atoms with E-state index in [0.717, 1.165) is 11.3 Å². The molecule has 0 saturated carbocycles. The predicted octanol–water partition coefficient (Wildman–Crippen LogP) is 1.10. The molecule has 0 unspecified atom stereocenters. The summed E-state index contributed by atoms with van der Waals surface area (Å²) in [5.41, 5.74) is 1.56. The van der Waals surface area contributed by atoms with E-state index in [9.17, 15) is 9.18 Å². The topological polar surface area (TPSA) is 40.5 Å². The van der Waals surface area contributed by atoms with Crippen molar-refractivity contribution < 1.29 is 14.3 Å².